The van der Waals surface area contributed by atoms with Crippen molar-refractivity contribution in [3.05, 3.63) is 22.7 Å². The van der Waals surface area contributed by atoms with Crippen LogP contribution in [0.4, 0.5) is 5.69 Å². The second-order valence-electron chi connectivity index (χ2n) is 7.16. The number of methoxy groups -OCH3 is 1. The molecule has 2 heterocycles. The van der Waals surface area contributed by atoms with E-state index in [1.165, 1.54) is 20.0 Å². The van der Waals surface area contributed by atoms with E-state index < -0.39 is 0 Å². The lowest BCUT2D eigenvalue weighted by molar-refractivity contribution is 0.0595. The van der Waals surface area contributed by atoms with Crippen molar-refractivity contribution >= 4 is 23.2 Å². The van der Waals surface area contributed by atoms with Gasteiger partial charge in [0.05, 0.1) is 29.5 Å². The number of anilines is 1. The molecule has 1 atom stereocenters. The molecule has 0 aliphatic carbocycles. The fraction of sp³-hybridized carbons (Fsp3) is 0.632. The Morgan fingerprint density at radius 1 is 1.38 bits per heavy atom. The van der Waals surface area contributed by atoms with Crippen molar-refractivity contribution in [3.8, 4) is 5.75 Å². The topological polar surface area (TPSA) is 76.8 Å². The SMILES string of the molecule is COc1cc(N)c(Cl)cc1C(=O)NCC1CCN(C[C@@H]2CCCO2)CC1. The predicted octanol–water partition coefficient (Wildman–Crippen LogP) is 2.55. The third-order valence-electron chi connectivity index (χ3n) is 5.31. The molecule has 2 aliphatic rings. The molecule has 2 saturated heterocycles. The zero-order valence-corrected chi connectivity index (χ0v) is 16.1. The minimum Gasteiger partial charge on any atom is -0.496 e. The Bertz CT molecular complexity index is 627. The summed E-state index contributed by atoms with van der Waals surface area (Å²) in [4.78, 5) is 15.0. The van der Waals surface area contributed by atoms with Gasteiger partial charge in [0, 0.05) is 25.8 Å². The second kappa shape index (κ2) is 8.93. The minimum absolute atomic E-state index is 0.175. The van der Waals surface area contributed by atoms with E-state index in [4.69, 9.17) is 26.8 Å². The summed E-state index contributed by atoms with van der Waals surface area (Å²) in [6, 6.07) is 3.15. The van der Waals surface area contributed by atoms with Crippen molar-refractivity contribution in [2.24, 2.45) is 5.92 Å². The van der Waals surface area contributed by atoms with Gasteiger partial charge in [-0.25, -0.2) is 0 Å². The van der Waals surface area contributed by atoms with Crippen molar-refractivity contribution in [2.45, 2.75) is 31.8 Å². The molecule has 0 unspecified atom stereocenters. The molecule has 0 radical (unpaired) electrons. The highest BCUT2D eigenvalue weighted by atomic mass is 35.5. The molecule has 2 aliphatic heterocycles. The first-order chi connectivity index (χ1) is 12.6. The number of carbonyl (C=O) groups is 1. The van der Waals surface area contributed by atoms with Gasteiger partial charge in [-0.1, -0.05) is 11.6 Å². The van der Waals surface area contributed by atoms with Gasteiger partial charge >= 0.3 is 0 Å². The van der Waals surface area contributed by atoms with Crippen LogP contribution >= 0.6 is 11.6 Å². The molecular weight excluding hydrogens is 354 g/mol. The van der Waals surface area contributed by atoms with Gasteiger partial charge in [0.1, 0.15) is 5.75 Å². The van der Waals surface area contributed by atoms with Gasteiger partial charge in [0.15, 0.2) is 0 Å². The van der Waals surface area contributed by atoms with E-state index in [1.807, 2.05) is 0 Å². The molecule has 1 aromatic rings. The van der Waals surface area contributed by atoms with Crippen LogP contribution < -0.4 is 15.8 Å². The lowest BCUT2D eigenvalue weighted by Crippen LogP contribution is -2.41. The van der Waals surface area contributed by atoms with Gasteiger partial charge in [-0.3, -0.25) is 4.79 Å². The summed E-state index contributed by atoms with van der Waals surface area (Å²) in [5.74, 6) is 0.760. The first-order valence-electron chi connectivity index (χ1n) is 9.32. The number of likely N-dealkylation sites (tertiary alicyclic amines) is 1. The highest BCUT2D eigenvalue weighted by Gasteiger charge is 2.24. The molecule has 144 valence electrons. The van der Waals surface area contributed by atoms with E-state index in [9.17, 15) is 4.79 Å². The Balaban J connectivity index is 1.46. The van der Waals surface area contributed by atoms with E-state index in [-0.39, 0.29) is 5.91 Å². The first-order valence-corrected chi connectivity index (χ1v) is 9.69. The van der Waals surface area contributed by atoms with E-state index in [1.54, 1.807) is 12.1 Å². The molecule has 6 nitrogen and oxygen atoms in total. The Kier molecular flexibility index (Phi) is 6.62. The third-order valence-corrected chi connectivity index (χ3v) is 5.64. The average molecular weight is 382 g/mol. The molecule has 1 amide bonds. The molecule has 3 N–H and O–H groups in total. The lowest BCUT2D eigenvalue weighted by atomic mass is 9.96. The van der Waals surface area contributed by atoms with E-state index in [0.29, 0.717) is 40.6 Å². The summed E-state index contributed by atoms with van der Waals surface area (Å²) in [5.41, 5.74) is 6.59. The van der Waals surface area contributed by atoms with Gasteiger partial charge in [-0.05, 0) is 50.8 Å². The van der Waals surface area contributed by atoms with Crippen molar-refractivity contribution < 1.29 is 14.3 Å². The standard InChI is InChI=1S/C19H28ClN3O3/c1-25-18-10-17(21)16(20)9-15(18)19(24)22-11-13-4-6-23(7-5-13)12-14-3-2-8-26-14/h9-10,13-14H,2-8,11-12,21H2,1H3,(H,22,24)/t14-/m0/s1. The number of hydrogen-bond donors (Lipinski definition) is 2. The van der Waals surface area contributed by atoms with Crippen LogP contribution in [0.1, 0.15) is 36.0 Å². The van der Waals surface area contributed by atoms with Gasteiger partial charge in [0.25, 0.3) is 5.91 Å². The van der Waals surface area contributed by atoms with Crippen LogP contribution in [0.25, 0.3) is 0 Å². The van der Waals surface area contributed by atoms with Gasteiger partial charge in [0.2, 0.25) is 0 Å². The van der Waals surface area contributed by atoms with E-state index in [2.05, 4.69) is 10.2 Å². The Morgan fingerprint density at radius 2 is 2.15 bits per heavy atom. The maximum absolute atomic E-state index is 12.5. The van der Waals surface area contributed by atoms with Crippen LogP contribution in [0.5, 0.6) is 5.75 Å². The summed E-state index contributed by atoms with van der Waals surface area (Å²) in [7, 11) is 1.52. The maximum atomic E-state index is 12.5. The normalized spacial score (nSPS) is 21.7. The molecule has 1 aromatic carbocycles. The Morgan fingerprint density at radius 3 is 2.81 bits per heavy atom. The number of carbonyl (C=O) groups excluding carboxylic acids is 1. The van der Waals surface area contributed by atoms with E-state index in [0.717, 1.165) is 39.1 Å². The molecule has 3 rings (SSSR count). The van der Waals surface area contributed by atoms with Crippen LogP contribution in [-0.4, -0.2) is 56.8 Å². The lowest BCUT2D eigenvalue weighted by Gasteiger charge is -2.33. The molecule has 0 saturated carbocycles. The summed E-state index contributed by atoms with van der Waals surface area (Å²) >= 11 is 6.05. The smallest absolute Gasteiger partial charge is 0.255 e. The molecule has 26 heavy (non-hydrogen) atoms. The number of amides is 1. The summed E-state index contributed by atoms with van der Waals surface area (Å²) in [6.07, 6.45) is 4.96. The molecular formula is C19H28ClN3O3. The van der Waals surface area contributed by atoms with Gasteiger partial charge < -0.3 is 25.4 Å². The minimum atomic E-state index is -0.175. The van der Waals surface area contributed by atoms with Crippen LogP contribution in [0.15, 0.2) is 12.1 Å². The number of benzene rings is 1. The summed E-state index contributed by atoms with van der Waals surface area (Å²) < 4.78 is 11.0. The molecule has 0 aromatic heterocycles. The van der Waals surface area contributed by atoms with Crippen LogP contribution in [0.3, 0.4) is 0 Å². The van der Waals surface area contributed by atoms with Crippen LogP contribution in [0, 0.1) is 5.92 Å². The molecule has 2 fully saturated rings. The van der Waals surface area contributed by atoms with Crippen LogP contribution in [0.2, 0.25) is 5.02 Å². The maximum Gasteiger partial charge on any atom is 0.255 e. The van der Waals surface area contributed by atoms with Crippen molar-refractivity contribution in [3.63, 3.8) is 0 Å². The number of rotatable bonds is 6. The summed E-state index contributed by atoms with van der Waals surface area (Å²) in [6.45, 7) is 4.75. The highest BCUT2D eigenvalue weighted by molar-refractivity contribution is 6.33. The zero-order chi connectivity index (χ0) is 18.5. The van der Waals surface area contributed by atoms with Crippen molar-refractivity contribution in [1.29, 1.82) is 0 Å². The van der Waals surface area contributed by atoms with Crippen LogP contribution in [-0.2, 0) is 4.74 Å². The first kappa shape index (κ1) is 19.3. The Hall–Kier alpha value is -1.50. The van der Waals surface area contributed by atoms with Gasteiger partial charge in [-0.15, -0.1) is 0 Å². The number of nitrogens with one attached hydrogen (secondary N) is 1. The van der Waals surface area contributed by atoms with Crippen molar-refractivity contribution in [1.82, 2.24) is 10.2 Å². The average Bonchev–Trinajstić information content (AvgIpc) is 3.15. The number of piperidine rings is 1. The number of halogens is 1. The number of nitrogens with zero attached hydrogens (tertiary/aromatic N) is 1. The largest absolute Gasteiger partial charge is 0.496 e. The van der Waals surface area contributed by atoms with Gasteiger partial charge in [-0.2, -0.15) is 0 Å². The fourth-order valence-electron chi connectivity index (χ4n) is 3.70. The van der Waals surface area contributed by atoms with E-state index >= 15 is 0 Å². The number of hydrogen-bond acceptors (Lipinski definition) is 5. The molecule has 0 bridgehead atoms. The number of nitrogens with two attached hydrogens (primary N) is 1. The van der Waals surface area contributed by atoms with Crippen molar-refractivity contribution in [2.75, 3.05) is 45.6 Å². The zero-order valence-electron chi connectivity index (χ0n) is 15.3. The highest BCUT2D eigenvalue weighted by Crippen LogP contribution is 2.29. The predicted molar refractivity (Wildman–Crippen MR) is 103 cm³/mol. The third kappa shape index (κ3) is 4.81. The fourth-order valence-corrected chi connectivity index (χ4v) is 3.86. The number of ether oxygens (including phenoxy) is 2. The summed E-state index contributed by atoms with van der Waals surface area (Å²) in [5, 5.41) is 3.38. The second-order valence-corrected chi connectivity index (χ2v) is 7.57. The monoisotopic (exact) mass is 381 g/mol. The molecule has 7 heteroatoms. The quantitative estimate of drug-likeness (QED) is 0.740. The number of nitrogen functional groups attached to an aromatic ring is 1. The molecule has 0 spiro atoms. The Labute approximate surface area is 160 Å².